The van der Waals surface area contributed by atoms with Crippen molar-refractivity contribution < 1.29 is 4.52 Å². The van der Waals surface area contributed by atoms with Gasteiger partial charge in [0.25, 0.3) is 0 Å². The van der Waals surface area contributed by atoms with Gasteiger partial charge in [-0.1, -0.05) is 62.2 Å². The minimum absolute atomic E-state index is 0.556. The fourth-order valence-corrected chi connectivity index (χ4v) is 3.12. The number of hydrogen-bond acceptors (Lipinski definition) is 4. The van der Waals surface area contributed by atoms with Gasteiger partial charge in [-0.25, -0.2) is 0 Å². The van der Waals surface area contributed by atoms with Crippen molar-refractivity contribution in [1.82, 2.24) is 15.5 Å². The highest BCUT2D eigenvalue weighted by Crippen LogP contribution is 2.29. The molecular formula is C17H23N3O. The second-order valence-corrected chi connectivity index (χ2v) is 6.13. The molecule has 1 aliphatic rings. The molecule has 112 valence electrons. The number of hydrogen-bond donors (Lipinski definition) is 1. The zero-order valence-corrected chi connectivity index (χ0v) is 12.7. The largest absolute Gasteiger partial charge is 0.338 e. The summed E-state index contributed by atoms with van der Waals surface area (Å²) in [5.41, 5.74) is 0.993. The van der Waals surface area contributed by atoms with Crippen molar-refractivity contribution in [3.63, 3.8) is 0 Å². The van der Waals surface area contributed by atoms with E-state index < -0.39 is 0 Å². The summed E-state index contributed by atoms with van der Waals surface area (Å²) < 4.78 is 5.35. The van der Waals surface area contributed by atoms with Crippen LogP contribution >= 0.6 is 0 Å². The van der Waals surface area contributed by atoms with E-state index in [9.17, 15) is 0 Å². The van der Waals surface area contributed by atoms with Gasteiger partial charge in [-0.05, 0) is 18.3 Å². The van der Waals surface area contributed by atoms with Crippen LogP contribution in [0.3, 0.4) is 0 Å². The Morgan fingerprint density at radius 1 is 1.19 bits per heavy atom. The topological polar surface area (TPSA) is 51.0 Å². The Labute approximate surface area is 126 Å². The van der Waals surface area contributed by atoms with Crippen LogP contribution < -0.4 is 5.32 Å². The molecule has 3 atom stereocenters. The third-order valence-electron chi connectivity index (χ3n) is 4.72. The predicted molar refractivity (Wildman–Crippen MR) is 82.5 cm³/mol. The van der Waals surface area contributed by atoms with Crippen LogP contribution in [0, 0.1) is 11.8 Å². The summed E-state index contributed by atoms with van der Waals surface area (Å²) in [7, 11) is 0. The molecule has 1 N–H and O–H groups in total. The second kappa shape index (κ2) is 6.39. The molecule has 0 amide bonds. The molecule has 1 saturated carbocycles. The molecule has 0 spiro atoms. The highest BCUT2D eigenvalue weighted by atomic mass is 16.5. The van der Waals surface area contributed by atoms with Crippen LogP contribution in [0.5, 0.6) is 0 Å². The Hall–Kier alpha value is -1.68. The summed E-state index contributed by atoms with van der Waals surface area (Å²) in [4.78, 5) is 4.47. The van der Waals surface area contributed by atoms with Crippen molar-refractivity contribution in [2.24, 2.45) is 11.8 Å². The first-order valence-corrected chi connectivity index (χ1v) is 7.85. The molecule has 4 heteroatoms. The SMILES string of the molecule is CC1CCCC(NCc2nc(-c3ccccc3)no2)C1C. The van der Waals surface area contributed by atoms with Gasteiger partial charge in [-0.3, -0.25) is 0 Å². The highest BCUT2D eigenvalue weighted by molar-refractivity contribution is 5.53. The van der Waals surface area contributed by atoms with Crippen molar-refractivity contribution in [3.05, 3.63) is 36.2 Å². The standard InChI is InChI=1S/C17H23N3O/c1-12-7-6-10-15(13(12)2)18-11-16-19-17(20-21-16)14-8-4-3-5-9-14/h3-5,8-9,12-13,15,18H,6-7,10-11H2,1-2H3. The van der Waals surface area contributed by atoms with Gasteiger partial charge in [0.2, 0.25) is 11.7 Å². The van der Waals surface area contributed by atoms with Crippen LogP contribution in [0.2, 0.25) is 0 Å². The lowest BCUT2D eigenvalue weighted by Gasteiger charge is -2.34. The summed E-state index contributed by atoms with van der Waals surface area (Å²) >= 11 is 0. The molecule has 2 aromatic rings. The van der Waals surface area contributed by atoms with E-state index in [1.54, 1.807) is 0 Å². The van der Waals surface area contributed by atoms with Gasteiger partial charge in [0.15, 0.2) is 0 Å². The first-order valence-electron chi connectivity index (χ1n) is 7.85. The normalized spacial score (nSPS) is 25.9. The fourth-order valence-electron chi connectivity index (χ4n) is 3.12. The summed E-state index contributed by atoms with van der Waals surface area (Å²) in [6.07, 6.45) is 3.89. The molecule has 1 fully saturated rings. The molecule has 0 radical (unpaired) electrons. The van der Waals surface area contributed by atoms with E-state index >= 15 is 0 Å². The van der Waals surface area contributed by atoms with Gasteiger partial charge >= 0.3 is 0 Å². The van der Waals surface area contributed by atoms with Crippen LogP contribution in [-0.2, 0) is 6.54 Å². The van der Waals surface area contributed by atoms with Crippen LogP contribution in [-0.4, -0.2) is 16.2 Å². The van der Waals surface area contributed by atoms with Crippen LogP contribution in [0.25, 0.3) is 11.4 Å². The van der Waals surface area contributed by atoms with Gasteiger partial charge in [-0.2, -0.15) is 4.98 Å². The summed E-state index contributed by atoms with van der Waals surface area (Å²) in [6.45, 7) is 5.34. The van der Waals surface area contributed by atoms with Crippen LogP contribution in [0.15, 0.2) is 34.9 Å². The summed E-state index contributed by atoms with van der Waals surface area (Å²) in [6, 6.07) is 10.5. The van der Waals surface area contributed by atoms with Gasteiger partial charge in [-0.15, -0.1) is 0 Å². The average molecular weight is 285 g/mol. The summed E-state index contributed by atoms with van der Waals surface area (Å²) in [5, 5.41) is 7.64. The second-order valence-electron chi connectivity index (χ2n) is 6.13. The number of benzene rings is 1. The lowest BCUT2D eigenvalue weighted by atomic mass is 9.78. The molecule has 0 aliphatic heterocycles. The lowest BCUT2D eigenvalue weighted by Crippen LogP contribution is -2.40. The van der Waals surface area contributed by atoms with Crippen molar-refractivity contribution in [2.45, 2.75) is 45.7 Å². The maximum absolute atomic E-state index is 5.35. The molecule has 1 heterocycles. The van der Waals surface area contributed by atoms with Crippen molar-refractivity contribution >= 4 is 0 Å². The molecule has 1 aliphatic carbocycles. The highest BCUT2D eigenvalue weighted by Gasteiger charge is 2.26. The molecule has 0 bridgehead atoms. The Kier molecular flexibility index (Phi) is 4.34. The van der Waals surface area contributed by atoms with E-state index in [2.05, 4.69) is 29.3 Å². The Morgan fingerprint density at radius 3 is 2.81 bits per heavy atom. The van der Waals surface area contributed by atoms with Gasteiger partial charge < -0.3 is 9.84 Å². The zero-order chi connectivity index (χ0) is 14.7. The monoisotopic (exact) mass is 285 g/mol. The van der Waals surface area contributed by atoms with E-state index in [1.165, 1.54) is 19.3 Å². The average Bonchev–Trinajstić information content (AvgIpc) is 2.99. The van der Waals surface area contributed by atoms with E-state index in [-0.39, 0.29) is 0 Å². The fraction of sp³-hybridized carbons (Fsp3) is 0.529. The van der Waals surface area contributed by atoms with Crippen LogP contribution in [0.4, 0.5) is 0 Å². The molecule has 21 heavy (non-hydrogen) atoms. The molecule has 1 aromatic heterocycles. The first kappa shape index (κ1) is 14.3. The van der Waals surface area contributed by atoms with E-state index in [0.717, 1.165) is 11.5 Å². The Morgan fingerprint density at radius 2 is 2.00 bits per heavy atom. The molecule has 3 rings (SSSR count). The molecule has 3 unspecified atom stereocenters. The molecular weight excluding hydrogens is 262 g/mol. The minimum atomic E-state index is 0.556. The van der Waals surface area contributed by atoms with E-state index in [1.807, 2.05) is 30.3 Å². The molecule has 1 aromatic carbocycles. The van der Waals surface area contributed by atoms with Gasteiger partial charge in [0.1, 0.15) is 0 Å². The van der Waals surface area contributed by atoms with Crippen molar-refractivity contribution in [1.29, 1.82) is 0 Å². The van der Waals surface area contributed by atoms with Gasteiger partial charge in [0.05, 0.1) is 6.54 Å². The van der Waals surface area contributed by atoms with Crippen molar-refractivity contribution in [2.75, 3.05) is 0 Å². The third kappa shape index (κ3) is 3.32. The predicted octanol–water partition coefficient (Wildman–Crippen LogP) is 3.65. The molecule has 0 saturated heterocycles. The third-order valence-corrected chi connectivity index (χ3v) is 4.72. The smallest absolute Gasteiger partial charge is 0.240 e. The summed E-state index contributed by atoms with van der Waals surface area (Å²) in [5.74, 6) is 2.82. The lowest BCUT2D eigenvalue weighted by molar-refractivity contribution is 0.200. The minimum Gasteiger partial charge on any atom is -0.338 e. The number of nitrogens with one attached hydrogen (secondary N) is 1. The van der Waals surface area contributed by atoms with E-state index in [4.69, 9.17) is 4.52 Å². The van der Waals surface area contributed by atoms with Crippen molar-refractivity contribution in [3.8, 4) is 11.4 Å². The first-order chi connectivity index (χ1) is 10.2. The van der Waals surface area contributed by atoms with Crippen LogP contribution in [0.1, 0.15) is 39.0 Å². The maximum atomic E-state index is 5.35. The Balaban J connectivity index is 1.60. The maximum Gasteiger partial charge on any atom is 0.240 e. The zero-order valence-electron chi connectivity index (χ0n) is 12.7. The van der Waals surface area contributed by atoms with Gasteiger partial charge in [0, 0.05) is 11.6 Å². The molecule has 4 nitrogen and oxygen atoms in total. The quantitative estimate of drug-likeness (QED) is 0.931. The number of rotatable bonds is 4. The number of aromatic nitrogens is 2. The number of nitrogens with zero attached hydrogens (tertiary/aromatic N) is 2. The van der Waals surface area contributed by atoms with E-state index in [0.29, 0.717) is 30.2 Å². The Bertz CT molecular complexity index is 566.